The van der Waals surface area contributed by atoms with Gasteiger partial charge in [-0.25, -0.2) is 4.99 Å². The van der Waals surface area contributed by atoms with Crippen LogP contribution in [0, 0.1) is 0 Å². The van der Waals surface area contributed by atoms with Crippen LogP contribution in [0.4, 0.5) is 11.4 Å². The Kier molecular flexibility index (Phi) is 3.91. The lowest BCUT2D eigenvalue weighted by molar-refractivity contribution is 0.215. The number of allylic oxidation sites excluding steroid dienone is 1. The van der Waals surface area contributed by atoms with Crippen molar-refractivity contribution in [3.05, 3.63) is 46.5 Å². The van der Waals surface area contributed by atoms with E-state index in [1.54, 1.807) is 0 Å². The Morgan fingerprint density at radius 2 is 1.91 bits per heavy atom. The minimum Gasteiger partial charge on any atom is -0.356 e. The number of anilines is 1. The van der Waals surface area contributed by atoms with Crippen LogP contribution in [0.3, 0.4) is 0 Å². The molecule has 1 aromatic carbocycles. The molecule has 0 bridgehead atoms. The van der Waals surface area contributed by atoms with Crippen molar-refractivity contribution < 1.29 is 0 Å². The Hall–Kier alpha value is -1.72. The molecule has 120 valence electrons. The number of benzene rings is 1. The summed E-state index contributed by atoms with van der Waals surface area (Å²) in [6, 6.07) is 8.35. The van der Waals surface area contributed by atoms with Gasteiger partial charge in [0.1, 0.15) is 5.84 Å². The molecule has 23 heavy (non-hydrogen) atoms. The Morgan fingerprint density at radius 1 is 1.13 bits per heavy atom. The van der Waals surface area contributed by atoms with Crippen molar-refractivity contribution in [2.75, 3.05) is 44.3 Å². The molecule has 0 amide bonds. The molecule has 3 aliphatic rings. The van der Waals surface area contributed by atoms with E-state index in [0.29, 0.717) is 0 Å². The largest absolute Gasteiger partial charge is 0.356 e. The van der Waals surface area contributed by atoms with Crippen LogP contribution in [0.2, 0.25) is 0 Å². The van der Waals surface area contributed by atoms with Gasteiger partial charge in [0.25, 0.3) is 0 Å². The summed E-state index contributed by atoms with van der Waals surface area (Å²) in [7, 11) is 2.19. The predicted molar refractivity (Wildman–Crippen MR) is 99.5 cm³/mol. The van der Waals surface area contributed by atoms with Crippen molar-refractivity contribution in [1.82, 2.24) is 9.80 Å². The van der Waals surface area contributed by atoms with Crippen LogP contribution in [-0.4, -0.2) is 54.6 Å². The maximum absolute atomic E-state index is 5.06. The molecular weight excluding hydrogens is 304 g/mol. The van der Waals surface area contributed by atoms with E-state index in [9.17, 15) is 0 Å². The summed E-state index contributed by atoms with van der Waals surface area (Å²) in [4.78, 5) is 11.2. The number of hydrogen-bond acceptors (Lipinski definition) is 5. The third-order valence-corrected chi connectivity index (χ3v) is 5.58. The summed E-state index contributed by atoms with van der Waals surface area (Å²) in [5.41, 5.74) is 4.69. The maximum atomic E-state index is 5.06. The van der Waals surface area contributed by atoms with Gasteiger partial charge >= 0.3 is 0 Å². The van der Waals surface area contributed by atoms with E-state index in [2.05, 4.69) is 59.4 Å². The second kappa shape index (κ2) is 6.06. The monoisotopic (exact) mass is 326 g/mol. The number of thioether (sulfide) groups is 1. The third-order valence-electron chi connectivity index (χ3n) is 4.58. The standard InChI is InChI=1S/C18H22N4S/c1-13-11-14-17(12-23-13)19-15-5-3-4-6-16(15)20-18(14)22-9-7-21(2)8-10-22/h3-6,11,19H,7-10,12H2,1-2H3. The van der Waals surface area contributed by atoms with Gasteiger partial charge in [0.15, 0.2) is 0 Å². The molecule has 0 radical (unpaired) electrons. The van der Waals surface area contributed by atoms with Crippen LogP contribution in [0.15, 0.2) is 51.5 Å². The van der Waals surface area contributed by atoms with E-state index in [0.717, 1.165) is 49.1 Å². The minimum atomic E-state index is 0.985. The van der Waals surface area contributed by atoms with E-state index in [-0.39, 0.29) is 0 Å². The highest BCUT2D eigenvalue weighted by Gasteiger charge is 2.26. The number of rotatable bonds is 0. The molecule has 1 fully saturated rings. The first-order valence-electron chi connectivity index (χ1n) is 8.13. The predicted octanol–water partition coefficient (Wildman–Crippen LogP) is 3.29. The summed E-state index contributed by atoms with van der Waals surface area (Å²) >= 11 is 1.90. The number of amidine groups is 1. The zero-order valence-corrected chi connectivity index (χ0v) is 14.5. The van der Waals surface area contributed by atoms with Crippen LogP contribution < -0.4 is 5.32 Å². The number of fused-ring (bicyclic) bond motifs is 1. The molecule has 4 rings (SSSR count). The quantitative estimate of drug-likeness (QED) is 0.792. The van der Waals surface area contributed by atoms with E-state index in [1.807, 2.05) is 11.8 Å². The smallest absolute Gasteiger partial charge is 0.138 e. The Balaban J connectivity index is 1.80. The molecule has 3 aliphatic heterocycles. The summed E-state index contributed by atoms with van der Waals surface area (Å²) in [6.07, 6.45) is 2.29. The number of nitrogens with one attached hydrogen (secondary N) is 1. The maximum Gasteiger partial charge on any atom is 0.138 e. The molecule has 0 atom stereocenters. The molecule has 1 N–H and O–H groups in total. The van der Waals surface area contributed by atoms with Crippen molar-refractivity contribution in [3.8, 4) is 0 Å². The van der Waals surface area contributed by atoms with Crippen LogP contribution >= 0.6 is 11.8 Å². The zero-order valence-electron chi connectivity index (χ0n) is 13.7. The van der Waals surface area contributed by atoms with Gasteiger partial charge in [-0.15, -0.1) is 11.8 Å². The number of hydrogen-bond donors (Lipinski definition) is 1. The highest BCUT2D eigenvalue weighted by molar-refractivity contribution is 8.03. The Labute approximate surface area is 142 Å². The number of nitrogens with zero attached hydrogens (tertiary/aromatic N) is 3. The number of para-hydroxylation sites is 2. The van der Waals surface area contributed by atoms with Crippen molar-refractivity contribution in [3.63, 3.8) is 0 Å². The SMILES string of the molecule is CC1=CC2=C(CS1)Nc1ccccc1N=C2N1CCN(C)CC1. The van der Waals surface area contributed by atoms with Crippen molar-refractivity contribution >= 4 is 29.0 Å². The van der Waals surface area contributed by atoms with Crippen LogP contribution in [0.5, 0.6) is 0 Å². The van der Waals surface area contributed by atoms with Gasteiger partial charge < -0.3 is 15.1 Å². The molecule has 0 spiro atoms. The highest BCUT2D eigenvalue weighted by atomic mass is 32.2. The van der Waals surface area contributed by atoms with Gasteiger partial charge in [-0.3, -0.25) is 0 Å². The molecule has 4 nitrogen and oxygen atoms in total. The van der Waals surface area contributed by atoms with Crippen molar-refractivity contribution in [1.29, 1.82) is 0 Å². The van der Waals surface area contributed by atoms with Gasteiger partial charge in [0.05, 0.1) is 11.4 Å². The van der Waals surface area contributed by atoms with Gasteiger partial charge in [0, 0.05) is 43.2 Å². The molecule has 0 unspecified atom stereocenters. The normalized spacial score (nSPS) is 21.7. The topological polar surface area (TPSA) is 30.9 Å². The average Bonchev–Trinajstić information content (AvgIpc) is 2.72. The summed E-state index contributed by atoms with van der Waals surface area (Å²) in [5.74, 6) is 2.11. The molecule has 0 aliphatic carbocycles. The fourth-order valence-electron chi connectivity index (χ4n) is 3.17. The minimum absolute atomic E-state index is 0.985. The van der Waals surface area contributed by atoms with Gasteiger partial charge in [-0.05, 0) is 37.1 Å². The van der Waals surface area contributed by atoms with E-state index in [4.69, 9.17) is 4.99 Å². The first-order valence-corrected chi connectivity index (χ1v) is 9.12. The van der Waals surface area contributed by atoms with Gasteiger partial charge in [0.2, 0.25) is 0 Å². The number of likely N-dealkylation sites (N-methyl/N-ethyl adjacent to an activating group) is 1. The molecule has 1 aromatic rings. The second-order valence-corrected chi connectivity index (χ2v) is 7.53. The summed E-state index contributed by atoms with van der Waals surface area (Å²) in [5, 5.41) is 3.62. The Morgan fingerprint density at radius 3 is 2.74 bits per heavy atom. The summed E-state index contributed by atoms with van der Waals surface area (Å²) < 4.78 is 0. The molecule has 1 saturated heterocycles. The lowest BCUT2D eigenvalue weighted by Gasteiger charge is -2.35. The molecule has 5 heteroatoms. The zero-order chi connectivity index (χ0) is 15.8. The fraction of sp³-hybridized carbons (Fsp3) is 0.389. The average molecular weight is 326 g/mol. The lowest BCUT2D eigenvalue weighted by Crippen LogP contribution is -2.47. The first-order chi connectivity index (χ1) is 11.2. The van der Waals surface area contributed by atoms with Crippen LogP contribution in [0.25, 0.3) is 0 Å². The van der Waals surface area contributed by atoms with Gasteiger partial charge in [-0.1, -0.05) is 12.1 Å². The number of piperazine rings is 1. The van der Waals surface area contributed by atoms with Crippen molar-refractivity contribution in [2.24, 2.45) is 4.99 Å². The van der Waals surface area contributed by atoms with Crippen molar-refractivity contribution in [2.45, 2.75) is 6.92 Å². The molecular formula is C18H22N4S. The van der Waals surface area contributed by atoms with E-state index < -0.39 is 0 Å². The molecule has 3 heterocycles. The van der Waals surface area contributed by atoms with E-state index >= 15 is 0 Å². The van der Waals surface area contributed by atoms with Crippen LogP contribution in [0.1, 0.15) is 6.92 Å². The highest BCUT2D eigenvalue weighted by Crippen LogP contribution is 2.36. The van der Waals surface area contributed by atoms with Crippen LogP contribution in [-0.2, 0) is 0 Å². The molecule has 0 aromatic heterocycles. The second-order valence-electron chi connectivity index (χ2n) is 6.30. The number of aliphatic imine (C=N–C) groups is 1. The first kappa shape index (κ1) is 14.8. The molecule has 0 saturated carbocycles. The Bertz CT molecular complexity index is 711. The van der Waals surface area contributed by atoms with E-state index in [1.165, 1.54) is 16.2 Å². The third kappa shape index (κ3) is 2.91. The lowest BCUT2D eigenvalue weighted by atomic mass is 10.1. The van der Waals surface area contributed by atoms with Gasteiger partial charge in [-0.2, -0.15) is 0 Å². The fourth-order valence-corrected chi connectivity index (χ4v) is 3.97. The summed E-state index contributed by atoms with van der Waals surface area (Å²) in [6.45, 7) is 6.44.